The Morgan fingerprint density at radius 3 is 1.61 bits per heavy atom. The van der Waals surface area contributed by atoms with Gasteiger partial charge in [-0.1, -0.05) is 170 Å². The van der Waals surface area contributed by atoms with Gasteiger partial charge in [0.15, 0.2) is 0 Å². The minimum Gasteiger partial charge on any atom is -0.457 e. The van der Waals surface area contributed by atoms with E-state index < -0.39 is 0 Å². The Morgan fingerprint density at radius 2 is 0.947 bits per heavy atom. The van der Waals surface area contributed by atoms with E-state index in [0.29, 0.717) is 0 Å². The van der Waals surface area contributed by atoms with Crippen LogP contribution in [0.15, 0.2) is 250 Å². The van der Waals surface area contributed by atoms with Crippen molar-refractivity contribution in [2.24, 2.45) is 0 Å². The van der Waals surface area contributed by atoms with E-state index in [1.807, 2.05) is 84.2 Å². The summed E-state index contributed by atoms with van der Waals surface area (Å²) in [5.74, 6) is 3.32. The van der Waals surface area contributed by atoms with Crippen molar-refractivity contribution in [3.8, 4) is 34.1 Å². The van der Waals surface area contributed by atoms with E-state index in [1.165, 1.54) is 103 Å². The SMILES string of the molecule is CC1(C)c2cc(Oc3ccccc3)ccc2-c2cc3c4c(c21)Sc1ccccc1B4c1cc2c(cc1N3c1ccccc1)N(c1ccccc1)c1c3c(cc4cc(Oc5ccccc5)ccc14)Sc1ccccc1B23. The smallest absolute Gasteiger partial charge is 0.249 e. The summed E-state index contributed by atoms with van der Waals surface area (Å²) in [5, 5.41) is 2.33. The molecule has 4 aliphatic heterocycles. The average Bonchev–Trinajstić information content (AvgIpc) is 3.87. The van der Waals surface area contributed by atoms with Gasteiger partial charge in [0, 0.05) is 58.8 Å². The molecule has 0 unspecified atom stereocenters. The predicted molar refractivity (Wildman–Crippen MR) is 314 cm³/mol. The molecule has 0 atom stereocenters. The molecular formula is C67H44B2N2O2S2. The molecule has 0 saturated heterocycles. The number of hydrogen-bond acceptors (Lipinski definition) is 6. The van der Waals surface area contributed by atoms with Crippen LogP contribution in [-0.2, 0) is 5.41 Å². The van der Waals surface area contributed by atoms with Crippen molar-refractivity contribution >= 4 is 115 Å². The summed E-state index contributed by atoms with van der Waals surface area (Å²) < 4.78 is 13.1. The maximum Gasteiger partial charge on any atom is 0.249 e. The van der Waals surface area contributed by atoms with Crippen LogP contribution in [0.4, 0.5) is 34.1 Å². The summed E-state index contributed by atoms with van der Waals surface area (Å²) in [5.41, 5.74) is 20.1. The lowest BCUT2D eigenvalue weighted by Gasteiger charge is -2.45. The Bertz CT molecular complexity index is 4190. The fourth-order valence-corrected chi connectivity index (χ4v) is 15.7. The first-order valence-electron chi connectivity index (χ1n) is 25.8. The number of ether oxygens (including phenoxy) is 2. The fourth-order valence-electron chi connectivity index (χ4n) is 13.0. The van der Waals surface area contributed by atoms with E-state index >= 15 is 0 Å². The highest BCUT2D eigenvalue weighted by molar-refractivity contribution is 8.00. The normalized spacial score (nSPS) is 14.4. The molecule has 11 aromatic rings. The van der Waals surface area contributed by atoms with Gasteiger partial charge in [0.05, 0.1) is 5.69 Å². The molecule has 11 aromatic carbocycles. The molecule has 352 valence electrons. The lowest BCUT2D eigenvalue weighted by Crippen LogP contribution is -2.64. The van der Waals surface area contributed by atoms with Gasteiger partial charge in [0.2, 0.25) is 13.4 Å². The van der Waals surface area contributed by atoms with Gasteiger partial charge < -0.3 is 19.3 Å². The van der Waals surface area contributed by atoms with E-state index in [9.17, 15) is 0 Å². The molecule has 4 nitrogen and oxygen atoms in total. The molecule has 1 aliphatic carbocycles. The van der Waals surface area contributed by atoms with Gasteiger partial charge >= 0.3 is 0 Å². The summed E-state index contributed by atoms with van der Waals surface area (Å²) in [6, 6.07) is 84.1. The molecule has 0 saturated carbocycles. The zero-order valence-corrected chi connectivity index (χ0v) is 42.8. The molecule has 0 spiro atoms. The molecule has 4 heterocycles. The molecule has 0 N–H and O–H groups in total. The Hall–Kier alpha value is -8.29. The van der Waals surface area contributed by atoms with Crippen LogP contribution in [0.2, 0.25) is 0 Å². The summed E-state index contributed by atoms with van der Waals surface area (Å²) in [4.78, 5) is 10.4. The Kier molecular flexibility index (Phi) is 9.41. The Labute approximate surface area is 445 Å². The molecule has 0 amide bonds. The lowest BCUT2D eigenvalue weighted by molar-refractivity contribution is 0.480. The topological polar surface area (TPSA) is 24.9 Å². The second kappa shape index (κ2) is 16.4. The average molecular weight is 995 g/mol. The van der Waals surface area contributed by atoms with Crippen LogP contribution in [0.3, 0.4) is 0 Å². The van der Waals surface area contributed by atoms with Crippen molar-refractivity contribution in [2.45, 2.75) is 38.8 Å². The van der Waals surface area contributed by atoms with Crippen LogP contribution in [0, 0.1) is 0 Å². The van der Waals surface area contributed by atoms with E-state index in [0.717, 1.165) is 39.8 Å². The van der Waals surface area contributed by atoms with Gasteiger partial charge in [0.25, 0.3) is 0 Å². The fraction of sp³-hybridized carbons (Fsp3) is 0.0448. The zero-order valence-electron chi connectivity index (χ0n) is 41.1. The summed E-state index contributed by atoms with van der Waals surface area (Å²) in [7, 11) is 0. The number of anilines is 6. The minimum atomic E-state index is -0.306. The van der Waals surface area contributed by atoms with Gasteiger partial charge in [-0.3, -0.25) is 0 Å². The monoisotopic (exact) mass is 994 g/mol. The van der Waals surface area contributed by atoms with E-state index in [2.05, 4.69) is 194 Å². The summed E-state index contributed by atoms with van der Waals surface area (Å²) in [6.45, 7) is 4.79. The van der Waals surface area contributed by atoms with E-state index in [4.69, 9.17) is 9.47 Å². The zero-order chi connectivity index (χ0) is 49.5. The number of benzene rings is 11. The minimum absolute atomic E-state index is 0.0163. The van der Waals surface area contributed by atoms with Gasteiger partial charge in [0.1, 0.15) is 23.0 Å². The lowest BCUT2D eigenvalue weighted by atomic mass is 9.31. The van der Waals surface area contributed by atoms with E-state index in [-0.39, 0.29) is 18.8 Å². The molecule has 16 rings (SSSR count). The maximum absolute atomic E-state index is 6.53. The van der Waals surface area contributed by atoms with Gasteiger partial charge in [-0.05, 0) is 159 Å². The first kappa shape index (κ1) is 43.1. The van der Waals surface area contributed by atoms with Crippen molar-refractivity contribution in [1.29, 1.82) is 0 Å². The highest BCUT2D eigenvalue weighted by Gasteiger charge is 2.49. The number of hydrogen-bond donors (Lipinski definition) is 0. The van der Waals surface area contributed by atoms with Crippen LogP contribution in [-0.4, -0.2) is 13.4 Å². The third-order valence-electron chi connectivity index (χ3n) is 16.2. The van der Waals surface area contributed by atoms with Crippen molar-refractivity contribution in [3.05, 3.63) is 242 Å². The van der Waals surface area contributed by atoms with Gasteiger partial charge in [-0.2, -0.15) is 0 Å². The third kappa shape index (κ3) is 6.43. The van der Waals surface area contributed by atoms with Crippen molar-refractivity contribution in [3.63, 3.8) is 0 Å². The predicted octanol–water partition coefficient (Wildman–Crippen LogP) is 14.3. The van der Waals surface area contributed by atoms with Crippen molar-refractivity contribution < 1.29 is 9.47 Å². The highest BCUT2D eigenvalue weighted by Crippen LogP contribution is 2.57. The second-order valence-electron chi connectivity index (χ2n) is 20.7. The van der Waals surface area contributed by atoms with Crippen LogP contribution < -0.4 is 52.1 Å². The van der Waals surface area contributed by atoms with Crippen molar-refractivity contribution in [1.82, 2.24) is 0 Å². The molecule has 0 fully saturated rings. The largest absolute Gasteiger partial charge is 0.457 e. The molecule has 75 heavy (non-hydrogen) atoms. The molecule has 5 aliphatic rings. The summed E-state index contributed by atoms with van der Waals surface area (Å²) in [6.07, 6.45) is 0. The summed E-state index contributed by atoms with van der Waals surface area (Å²) >= 11 is 3.85. The second-order valence-corrected chi connectivity index (χ2v) is 22.8. The molecule has 0 bridgehead atoms. The highest BCUT2D eigenvalue weighted by atomic mass is 32.2. The number of nitrogens with zero attached hydrogens (tertiary/aromatic N) is 2. The first-order valence-corrected chi connectivity index (χ1v) is 27.4. The molecular weight excluding hydrogens is 951 g/mol. The quantitative estimate of drug-likeness (QED) is 0.154. The van der Waals surface area contributed by atoms with Gasteiger partial charge in [-0.15, -0.1) is 0 Å². The van der Waals surface area contributed by atoms with Crippen LogP contribution in [0.25, 0.3) is 21.9 Å². The molecule has 0 radical (unpaired) electrons. The molecule has 0 aromatic heterocycles. The first-order chi connectivity index (χ1) is 36.9. The maximum atomic E-state index is 6.53. The van der Waals surface area contributed by atoms with Crippen molar-refractivity contribution in [2.75, 3.05) is 9.80 Å². The third-order valence-corrected chi connectivity index (χ3v) is 18.5. The van der Waals surface area contributed by atoms with Crippen LogP contribution in [0.1, 0.15) is 25.0 Å². The molecule has 8 heteroatoms. The van der Waals surface area contributed by atoms with E-state index in [1.54, 1.807) is 0 Å². The standard InChI is InChI=1S/C67H44B2N2O2S2/c1-67(2)51-37-47(73-45-25-13-6-14-26-45)32-34-49(51)50-38-58-63-66(62(50)67)75-60-30-18-16-28-53(60)68(63)54-39-55-57(40-56(54)70(58)42-19-7-3-8-20-42)71(43-21-9-4-10-22-43)65-48-33-31-46(72-44-23-11-5-12-24-44)35-41(48)36-61-64(65)69(55)52-27-15-17-29-59(52)74-61/h3-40H,1-2H3. The Morgan fingerprint density at radius 1 is 0.400 bits per heavy atom. The van der Waals surface area contributed by atoms with Crippen LogP contribution in [0.5, 0.6) is 23.0 Å². The van der Waals surface area contributed by atoms with Crippen LogP contribution >= 0.6 is 23.5 Å². The number of fused-ring (bicyclic) bond motifs is 14. The number of para-hydroxylation sites is 4. The van der Waals surface area contributed by atoms with Gasteiger partial charge in [-0.25, -0.2) is 0 Å². The Balaban J connectivity index is 0.974. The number of rotatable bonds is 6.